The minimum atomic E-state index is -0.820. The highest BCUT2D eigenvalue weighted by Crippen LogP contribution is 2.19. The fourth-order valence-electron chi connectivity index (χ4n) is 2.69. The van der Waals surface area contributed by atoms with Crippen LogP contribution in [0.4, 0.5) is 10.1 Å². The van der Waals surface area contributed by atoms with E-state index in [1.54, 1.807) is 24.3 Å². The second-order valence-corrected chi connectivity index (χ2v) is 6.61. The summed E-state index contributed by atoms with van der Waals surface area (Å²) in [6, 6.07) is 21.1. The number of rotatable bonds is 6. The highest BCUT2D eigenvalue weighted by Gasteiger charge is 2.22. The van der Waals surface area contributed by atoms with Crippen molar-refractivity contribution < 1.29 is 14.0 Å². The summed E-state index contributed by atoms with van der Waals surface area (Å²) < 4.78 is 13.3. The standard InChI is InChI=1S/C22H18ClFN2O2/c23-18-14-17(11-12-19(18)24)25-22(28)20(13-15-7-3-1-4-8-15)26-21(27)16-9-5-2-6-10-16/h1-12,14,20H,13H2,(H,25,28)(H,26,27). The summed E-state index contributed by atoms with van der Waals surface area (Å²) in [7, 11) is 0. The molecule has 3 rings (SSSR count). The summed E-state index contributed by atoms with van der Waals surface area (Å²) >= 11 is 5.77. The average Bonchev–Trinajstić information content (AvgIpc) is 2.71. The van der Waals surface area contributed by atoms with Crippen LogP contribution in [0.25, 0.3) is 0 Å². The van der Waals surface area contributed by atoms with Crippen molar-refractivity contribution in [3.8, 4) is 0 Å². The number of carbonyl (C=O) groups excluding carboxylic acids is 2. The third-order valence-electron chi connectivity index (χ3n) is 4.13. The lowest BCUT2D eigenvalue weighted by molar-refractivity contribution is -0.118. The summed E-state index contributed by atoms with van der Waals surface area (Å²) in [4.78, 5) is 25.4. The third-order valence-corrected chi connectivity index (χ3v) is 4.42. The maximum Gasteiger partial charge on any atom is 0.251 e. The number of amides is 2. The monoisotopic (exact) mass is 396 g/mol. The van der Waals surface area contributed by atoms with Gasteiger partial charge in [0.1, 0.15) is 11.9 Å². The number of carbonyl (C=O) groups is 2. The van der Waals surface area contributed by atoms with Crippen LogP contribution in [0.3, 0.4) is 0 Å². The zero-order valence-electron chi connectivity index (χ0n) is 14.9. The molecule has 0 aromatic heterocycles. The zero-order chi connectivity index (χ0) is 19.9. The Morgan fingerprint density at radius 1 is 0.929 bits per heavy atom. The molecule has 0 bridgehead atoms. The average molecular weight is 397 g/mol. The second kappa shape index (κ2) is 9.15. The van der Waals surface area contributed by atoms with E-state index in [1.807, 2.05) is 36.4 Å². The largest absolute Gasteiger partial charge is 0.340 e. The van der Waals surface area contributed by atoms with E-state index in [0.717, 1.165) is 5.56 Å². The number of halogens is 2. The number of hydrogen-bond acceptors (Lipinski definition) is 2. The summed E-state index contributed by atoms with van der Waals surface area (Å²) in [5.74, 6) is -1.34. The van der Waals surface area contributed by atoms with Gasteiger partial charge in [0.15, 0.2) is 0 Å². The van der Waals surface area contributed by atoms with E-state index in [4.69, 9.17) is 11.6 Å². The molecule has 1 unspecified atom stereocenters. The molecule has 142 valence electrons. The summed E-state index contributed by atoms with van der Waals surface area (Å²) in [6.45, 7) is 0. The van der Waals surface area contributed by atoms with Crippen molar-refractivity contribution in [3.05, 3.63) is 101 Å². The minimum Gasteiger partial charge on any atom is -0.340 e. The molecule has 0 aliphatic heterocycles. The Morgan fingerprint density at radius 3 is 2.21 bits per heavy atom. The van der Waals surface area contributed by atoms with E-state index in [0.29, 0.717) is 17.7 Å². The number of anilines is 1. The molecule has 0 aliphatic rings. The molecule has 0 spiro atoms. The van der Waals surface area contributed by atoms with Gasteiger partial charge >= 0.3 is 0 Å². The van der Waals surface area contributed by atoms with Gasteiger partial charge in [-0.05, 0) is 35.9 Å². The molecule has 28 heavy (non-hydrogen) atoms. The molecule has 2 N–H and O–H groups in total. The van der Waals surface area contributed by atoms with Crippen LogP contribution in [0.5, 0.6) is 0 Å². The van der Waals surface area contributed by atoms with Crippen LogP contribution in [0.2, 0.25) is 5.02 Å². The van der Waals surface area contributed by atoms with Crippen molar-refractivity contribution in [2.24, 2.45) is 0 Å². The van der Waals surface area contributed by atoms with Gasteiger partial charge in [-0.3, -0.25) is 9.59 Å². The van der Waals surface area contributed by atoms with Crippen LogP contribution in [-0.2, 0) is 11.2 Å². The molecule has 1 atom stereocenters. The van der Waals surface area contributed by atoms with Gasteiger partial charge in [0.05, 0.1) is 5.02 Å². The Hall–Kier alpha value is -3.18. The first-order valence-corrected chi connectivity index (χ1v) is 9.06. The lowest BCUT2D eigenvalue weighted by Gasteiger charge is -2.19. The van der Waals surface area contributed by atoms with Crippen molar-refractivity contribution in [3.63, 3.8) is 0 Å². The highest BCUT2D eigenvalue weighted by molar-refractivity contribution is 6.31. The Bertz CT molecular complexity index is 965. The first-order chi connectivity index (χ1) is 13.5. The van der Waals surface area contributed by atoms with E-state index in [-0.39, 0.29) is 10.9 Å². The van der Waals surface area contributed by atoms with Gasteiger partial charge in [-0.15, -0.1) is 0 Å². The smallest absolute Gasteiger partial charge is 0.251 e. The van der Waals surface area contributed by atoms with Gasteiger partial charge in [0, 0.05) is 17.7 Å². The third kappa shape index (κ3) is 5.18. The van der Waals surface area contributed by atoms with Crippen LogP contribution in [0.15, 0.2) is 78.9 Å². The van der Waals surface area contributed by atoms with Gasteiger partial charge in [-0.25, -0.2) is 4.39 Å². The molecule has 0 aliphatic carbocycles. The Balaban J connectivity index is 1.79. The molecule has 6 heteroatoms. The van der Waals surface area contributed by atoms with Gasteiger partial charge in [-0.1, -0.05) is 60.1 Å². The maximum absolute atomic E-state index is 13.3. The molecule has 2 amide bonds. The lowest BCUT2D eigenvalue weighted by atomic mass is 10.0. The second-order valence-electron chi connectivity index (χ2n) is 6.20. The molecule has 0 radical (unpaired) electrons. The Labute approximate surface area is 167 Å². The zero-order valence-corrected chi connectivity index (χ0v) is 15.6. The van der Waals surface area contributed by atoms with E-state index in [9.17, 15) is 14.0 Å². The van der Waals surface area contributed by atoms with Crippen molar-refractivity contribution in [2.75, 3.05) is 5.32 Å². The first kappa shape index (κ1) is 19.6. The van der Waals surface area contributed by atoms with Gasteiger partial charge < -0.3 is 10.6 Å². The minimum absolute atomic E-state index is 0.0919. The van der Waals surface area contributed by atoms with Crippen molar-refractivity contribution in [1.29, 1.82) is 0 Å². The van der Waals surface area contributed by atoms with E-state index in [1.165, 1.54) is 18.2 Å². The topological polar surface area (TPSA) is 58.2 Å². The fourth-order valence-corrected chi connectivity index (χ4v) is 2.87. The fraction of sp³-hybridized carbons (Fsp3) is 0.0909. The van der Waals surface area contributed by atoms with Gasteiger partial charge in [-0.2, -0.15) is 0 Å². The maximum atomic E-state index is 13.3. The Kier molecular flexibility index (Phi) is 6.40. The summed E-state index contributed by atoms with van der Waals surface area (Å²) in [6.07, 6.45) is 0.306. The predicted octanol–water partition coefficient (Wildman–Crippen LogP) is 4.46. The van der Waals surface area contributed by atoms with Crippen LogP contribution in [-0.4, -0.2) is 17.9 Å². The molecule has 0 saturated carbocycles. The highest BCUT2D eigenvalue weighted by atomic mass is 35.5. The normalized spacial score (nSPS) is 11.5. The summed E-state index contributed by atoms with van der Waals surface area (Å²) in [5, 5.41) is 5.36. The molecular weight excluding hydrogens is 379 g/mol. The number of nitrogens with one attached hydrogen (secondary N) is 2. The van der Waals surface area contributed by atoms with Crippen LogP contribution < -0.4 is 10.6 Å². The molecule has 3 aromatic carbocycles. The molecule has 4 nitrogen and oxygen atoms in total. The SMILES string of the molecule is O=C(NC(Cc1ccccc1)C(=O)Nc1ccc(F)c(Cl)c1)c1ccccc1. The van der Waals surface area contributed by atoms with E-state index in [2.05, 4.69) is 10.6 Å². The number of benzene rings is 3. The van der Waals surface area contributed by atoms with Gasteiger partial charge in [0.25, 0.3) is 5.91 Å². The summed E-state index contributed by atoms with van der Waals surface area (Å²) in [5.41, 5.74) is 1.70. The molecule has 0 heterocycles. The molecule has 0 fully saturated rings. The van der Waals surface area contributed by atoms with Crippen molar-refractivity contribution in [2.45, 2.75) is 12.5 Å². The Morgan fingerprint density at radius 2 is 1.57 bits per heavy atom. The van der Waals surface area contributed by atoms with E-state index >= 15 is 0 Å². The molecular formula is C22H18ClFN2O2. The van der Waals surface area contributed by atoms with Crippen LogP contribution in [0, 0.1) is 5.82 Å². The quantitative estimate of drug-likeness (QED) is 0.646. The first-order valence-electron chi connectivity index (χ1n) is 8.68. The lowest BCUT2D eigenvalue weighted by Crippen LogP contribution is -2.45. The van der Waals surface area contributed by atoms with Gasteiger partial charge in [0.2, 0.25) is 5.91 Å². The molecule has 0 saturated heterocycles. The van der Waals surface area contributed by atoms with Crippen molar-refractivity contribution in [1.82, 2.24) is 5.32 Å². The van der Waals surface area contributed by atoms with Crippen LogP contribution >= 0.6 is 11.6 Å². The predicted molar refractivity (Wildman–Crippen MR) is 108 cm³/mol. The number of hydrogen-bond donors (Lipinski definition) is 2. The van der Waals surface area contributed by atoms with E-state index < -0.39 is 17.8 Å². The van der Waals surface area contributed by atoms with Crippen molar-refractivity contribution >= 4 is 29.1 Å². The van der Waals surface area contributed by atoms with Crippen LogP contribution in [0.1, 0.15) is 15.9 Å². The molecule has 3 aromatic rings.